The van der Waals surface area contributed by atoms with Crippen LogP contribution >= 0.6 is 0 Å². The molecule has 15 heavy (non-hydrogen) atoms. The van der Waals surface area contributed by atoms with Crippen LogP contribution in [-0.4, -0.2) is 27.4 Å². The highest BCUT2D eigenvalue weighted by Gasteiger charge is 2.21. The van der Waals surface area contributed by atoms with Gasteiger partial charge < -0.3 is 15.4 Å². The van der Waals surface area contributed by atoms with Gasteiger partial charge in [-0.05, 0) is 4.92 Å². The Morgan fingerprint density at radius 3 is 2.87 bits per heavy atom. The van der Waals surface area contributed by atoms with Crippen molar-refractivity contribution < 1.29 is 9.72 Å². The number of nitrogens with zero attached hydrogens (tertiary/aromatic N) is 3. The third-order valence-electron chi connectivity index (χ3n) is 2.02. The number of nitro groups is 1. The van der Waals surface area contributed by atoms with Gasteiger partial charge in [0, 0.05) is 13.5 Å². The molecular weight excluding hydrogens is 200 g/mol. The fourth-order valence-electron chi connectivity index (χ4n) is 1.22. The van der Waals surface area contributed by atoms with Crippen LogP contribution in [0.25, 0.3) is 0 Å². The Labute approximate surface area is 86.3 Å². The molecular formula is C8H12N4O3. The van der Waals surface area contributed by atoms with Gasteiger partial charge in [-0.15, -0.1) is 0 Å². The van der Waals surface area contributed by atoms with Crippen LogP contribution < -0.4 is 5.32 Å². The minimum Gasteiger partial charge on any atom is -0.390 e. The van der Waals surface area contributed by atoms with Gasteiger partial charge in [0.2, 0.25) is 0 Å². The molecule has 1 N–H and O–H groups in total. The number of rotatable bonds is 4. The first-order chi connectivity index (χ1) is 7.10. The Kier molecular flexibility index (Phi) is 3.37. The number of hydrogen-bond donors (Lipinski definition) is 1. The number of carbonyl (C=O) groups excluding carboxylic acids is 1. The zero-order valence-electron chi connectivity index (χ0n) is 8.56. The number of aromatic nitrogens is 2. The molecule has 82 valence electrons. The zero-order valence-corrected chi connectivity index (χ0v) is 8.56. The van der Waals surface area contributed by atoms with Crippen LogP contribution in [0.3, 0.4) is 0 Å². The van der Waals surface area contributed by atoms with Crippen LogP contribution in [-0.2, 0) is 17.8 Å². The third-order valence-corrected chi connectivity index (χ3v) is 2.02. The second-order valence-corrected chi connectivity index (χ2v) is 2.92. The van der Waals surface area contributed by atoms with Gasteiger partial charge in [-0.2, -0.15) is 0 Å². The highest BCUT2D eigenvalue weighted by molar-refractivity contribution is 5.75. The van der Waals surface area contributed by atoms with Gasteiger partial charge in [-0.1, -0.05) is 11.9 Å². The van der Waals surface area contributed by atoms with Crippen molar-refractivity contribution in [2.24, 2.45) is 0 Å². The topological polar surface area (TPSA) is 90.1 Å². The maximum Gasteiger partial charge on any atom is 0.435 e. The molecule has 0 saturated carbocycles. The Morgan fingerprint density at radius 2 is 2.40 bits per heavy atom. The van der Waals surface area contributed by atoms with Gasteiger partial charge in [0.25, 0.3) is 5.91 Å². The summed E-state index contributed by atoms with van der Waals surface area (Å²) in [5.41, 5.74) is 0.672. The Morgan fingerprint density at radius 1 is 1.73 bits per heavy atom. The summed E-state index contributed by atoms with van der Waals surface area (Å²) in [6, 6.07) is 0. The first-order valence-electron chi connectivity index (χ1n) is 4.49. The molecule has 1 aromatic rings. The maximum atomic E-state index is 11.1. The molecule has 0 saturated heterocycles. The highest BCUT2D eigenvalue weighted by Crippen LogP contribution is 2.13. The van der Waals surface area contributed by atoms with E-state index in [2.05, 4.69) is 10.3 Å². The first-order valence-corrected chi connectivity index (χ1v) is 4.49. The minimum absolute atomic E-state index is 0.0734. The molecule has 0 aliphatic carbocycles. The van der Waals surface area contributed by atoms with Crippen molar-refractivity contribution in [3.63, 3.8) is 0 Å². The van der Waals surface area contributed by atoms with E-state index in [1.807, 2.05) is 6.92 Å². The van der Waals surface area contributed by atoms with Crippen LogP contribution in [0.4, 0.5) is 5.95 Å². The summed E-state index contributed by atoms with van der Waals surface area (Å²) >= 11 is 0. The summed E-state index contributed by atoms with van der Waals surface area (Å²) in [7, 11) is 1.48. The summed E-state index contributed by atoms with van der Waals surface area (Å²) in [6.45, 7) is 1.77. The predicted molar refractivity (Wildman–Crippen MR) is 52.3 cm³/mol. The van der Waals surface area contributed by atoms with Gasteiger partial charge >= 0.3 is 5.95 Å². The summed E-state index contributed by atoms with van der Waals surface area (Å²) in [6.07, 6.45) is 2.01. The van der Waals surface area contributed by atoms with E-state index in [4.69, 9.17) is 0 Å². The van der Waals surface area contributed by atoms with Crippen LogP contribution in [0.5, 0.6) is 0 Å². The quantitative estimate of drug-likeness (QED) is 0.566. The van der Waals surface area contributed by atoms with Gasteiger partial charge in [-0.25, -0.2) is 4.57 Å². The van der Waals surface area contributed by atoms with E-state index < -0.39 is 4.92 Å². The van der Waals surface area contributed by atoms with E-state index in [-0.39, 0.29) is 18.4 Å². The molecule has 0 aromatic carbocycles. The van der Waals surface area contributed by atoms with Crippen molar-refractivity contribution >= 4 is 11.9 Å². The average molecular weight is 212 g/mol. The normalized spacial score (nSPS) is 10.0. The molecule has 1 rings (SSSR count). The van der Waals surface area contributed by atoms with E-state index >= 15 is 0 Å². The molecule has 0 radical (unpaired) electrons. The number of imidazole rings is 1. The lowest BCUT2D eigenvalue weighted by molar-refractivity contribution is -0.396. The van der Waals surface area contributed by atoms with Crippen LogP contribution in [0.1, 0.15) is 12.6 Å². The van der Waals surface area contributed by atoms with Crippen molar-refractivity contribution in [1.82, 2.24) is 14.9 Å². The summed E-state index contributed by atoms with van der Waals surface area (Å²) in [5, 5.41) is 13.0. The first kappa shape index (κ1) is 11.2. The molecule has 0 fully saturated rings. The molecule has 1 heterocycles. The van der Waals surface area contributed by atoms with Crippen molar-refractivity contribution in [2.45, 2.75) is 19.9 Å². The molecule has 0 unspecified atom stereocenters. The van der Waals surface area contributed by atoms with Gasteiger partial charge in [0.05, 0.1) is 0 Å². The smallest absolute Gasteiger partial charge is 0.390 e. The number of aryl methyl sites for hydroxylation is 1. The molecule has 7 nitrogen and oxygen atoms in total. The van der Waals surface area contributed by atoms with Gasteiger partial charge in [0.1, 0.15) is 11.9 Å². The Balaban J connectivity index is 3.05. The molecule has 1 amide bonds. The molecule has 0 spiro atoms. The number of hydrogen-bond acceptors (Lipinski definition) is 4. The van der Waals surface area contributed by atoms with Gasteiger partial charge in [0.15, 0.2) is 6.54 Å². The van der Waals surface area contributed by atoms with Crippen LogP contribution in [0.15, 0.2) is 6.20 Å². The van der Waals surface area contributed by atoms with Crippen LogP contribution in [0, 0.1) is 10.1 Å². The number of likely N-dealkylation sites (N-methyl/N-ethyl adjacent to an activating group) is 1. The number of nitrogens with one attached hydrogen (secondary N) is 1. The van der Waals surface area contributed by atoms with E-state index in [0.29, 0.717) is 12.1 Å². The third kappa shape index (κ3) is 2.30. The van der Waals surface area contributed by atoms with Crippen molar-refractivity contribution in [3.05, 3.63) is 22.0 Å². The lowest BCUT2D eigenvalue weighted by atomic mass is 10.3. The zero-order chi connectivity index (χ0) is 11.4. The highest BCUT2D eigenvalue weighted by atomic mass is 16.6. The lowest BCUT2D eigenvalue weighted by Gasteiger charge is -2.03. The van der Waals surface area contributed by atoms with E-state index in [9.17, 15) is 14.9 Å². The van der Waals surface area contributed by atoms with E-state index in [0.717, 1.165) is 0 Å². The van der Waals surface area contributed by atoms with Crippen molar-refractivity contribution in [1.29, 1.82) is 0 Å². The fourth-order valence-corrected chi connectivity index (χ4v) is 1.22. The predicted octanol–water partition coefficient (Wildman–Crippen LogP) is 0.0997. The number of carbonyl (C=O) groups is 1. The molecule has 1 aromatic heterocycles. The molecule has 7 heteroatoms. The Bertz CT molecular complexity index is 385. The Hall–Kier alpha value is -1.92. The summed E-state index contributed by atoms with van der Waals surface area (Å²) < 4.78 is 1.30. The second kappa shape index (κ2) is 4.54. The van der Waals surface area contributed by atoms with Crippen LogP contribution in [0.2, 0.25) is 0 Å². The lowest BCUT2D eigenvalue weighted by Crippen LogP contribution is -2.25. The average Bonchev–Trinajstić information content (AvgIpc) is 2.60. The molecule has 0 aliphatic heterocycles. The second-order valence-electron chi connectivity index (χ2n) is 2.92. The largest absolute Gasteiger partial charge is 0.435 e. The molecule has 0 bridgehead atoms. The van der Waals surface area contributed by atoms with E-state index in [1.54, 1.807) is 0 Å². The van der Waals surface area contributed by atoms with E-state index in [1.165, 1.54) is 17.8 Å². The minimum atomic E-state index is -0.595. The van der Waals surface area contributed by atoms with Gasteiger partial charge in [-0.3, -0.25) is 4.79 Å². The number of amides is 1. The maximum absolute atomic E-state index is 11.1. The SMILES string of the molecule is CCc1cnc([N+](=O)[O-])n1CC(=O)NC. The summed E-state index contributed by atoms with van der Waals surface area (Å²) in [4.78, 5) is 24.8. The summed E-state index contributed by atoms with van der Waals surface area (Å²) in [5.74, 6) is -0.582. The fraction of sp³-hybridized carbons (Fsp3) is 0.500. The van der Waals surface area contributed by atoms with Crippen molar-refractivity contribution in [2.75, 3.05) is 7.05 Å². The monoisotopic (exact) mass is 212 g/mol. The molecule has 0 aliphatic rings. The van der Waals surface area contributed by atoms with Crippen molar-refractivity contribution in [3.8, 4) is 0 Å². The molecule has 0 atom stereocenters. The standard InChI is InChI=1S/C8H12N4O3/c1-3-6-4-10-8(12(14)15)11(6)5-7(13)9-2/h4H,3,5H2,1-2H3,(H,9,13).